The van der Waals surface area contributed by atoms with E-state index in [1.807, 2.05) is 0 Å². The van der Waals surface area contributed by atoms with Crippen LogP contribution in [0, 0.1) is 0 Å². The van der Waals surface area contributed by atoms with Gasteiger partial charge in [-0.25, -0.2) is 4.79 Å². The molecule has 186 valence electrons. The van der Waals surface area contributed by atoms with Gasteiger partial charge in [-0.1, -0.05) is 0 Å². The lowest BCUT2D eigenvalue weighted by molar-refractivity contribution is -0.116. The third kappa shape index (κ3) is 4.26. The maximum Gasteiger partial charge on any atom is 0.332 e. The fourth-order valence-electron chi connectivity index (χ4n) is 4.06. The van der Waals surface area contributed by atoms with E-state index in [1.165, 1.54) is 37.2 Å². The summed E-state index contributed by atoms with van der Waals surface area (Å²) < 4.78 is 29.3. The summed E-state index contributed by atoms with van der Waals surface area (Å²) in [6.07, 6.45) is 1.45. The fourth-order valence-corrected chi connectivity index (χ4v) is 4.06. The van der Waals surface area contributed by atoms with Crippen molar-refractivity contribution in [2.75, 3.05) is 32.8 Å². The van der Waals surface area contributed by atoms with Crippen molar-refractivity contribution in [1.29, 1.82) is 0 Å². The second-order valence-corrected chi connectivity index (χ2v) is 7.97. The van der Waals surface area contributed by atoms with Crippen molar-refractivity contribution in [3.63, 3.8) is 0 Å². The molecule has 0 atom stereocenters. The van der Waals surface area contributed by atoms with E-state index >= 15 is 0 Å². The highest BCUT2D eigenvalue weighted by atomic mass is 16.6. The van der Waals surface area contributed by atoms with Crippen LogP contribution in [0.15, 0.2) is 62.7 Å². The van der Waals surface area contributed by atoms with Gasteiger partial charge in [0.05, 0.1) is 37.9 Å². The Morgan fingerprint density at radius 3 is 2.44 bits per heavy atom. The Labute approximate surface area is 204 Å². The maximum absolute atomic E-state index is 13.5. The minimum atomic E-state index is -0.673. The van der Waals surface area contributed by atoms with E-state index in [4.69, 9.17) is 23.4 Å². The molecule has 0 saturated carbocycles. The summed E-state index contributed by atoms with van der Waals surface area (Å²) in [6.45, 7) is 0.404. The Kier molecular flexibility index (Phi) is 6.11. The van der Waals surface area contributed by atoms with Crippen LogP contribution in [0.3, 0.4) is 0 Å². The number of rotatable bonds is 7. The smallest absolute Gasteiger partial charge is 0.332 e. The molecule has 0 unspecified atom stereocenters. The summed E-state index contributed by atoms with van der Waals surface area (Å²) in [6, 6.07) is 11.3. The minimum absolute atomic E-state index is 0.0985. The Morgan fingerprint density at radius 2 is 1.72 bits per heavy atom. The molecule has 0 bridgehead atoms. The first-order valence-corrected chi connectivity index (χ1v) is 11.1. The van der Waals surface area contributed by atoms with Crippen molar-refractivity contribution in [3.05, 3.63) is 75.3 Å². The van der Waals surface area contributed by atoms with Gasteiger partial charge in [0.15, 0.2) is 23.0 Å². The zero-order valence-corrected chi connectivity index (χ0v) is 19.6. The van der Waals surface area contributed by atoms with Gasteiger partial charge >= 0.3 is 5.69 Å². The van der Waals surface area contributed by atoms with Crippen LogP contribution in [-0.2, 0) is 17.9 Å². The van der Waals surface area contributed by atoms with E-state index in [1.54, 1.807) is 30.3 Å². The van der Waals surface area contributed by atoms with E-state index < -0.39 is 17.2 Å². The number of fused-ring (bicyclic) bond motifs is 2. The summed E-state index contributed by atoms with van der Waals surface area (Å²) in [5, 5.41) is 2.95. The number of nitrogens with one attached hydrogen (secondary N) is 1. The maximum atomic E-state index is 13.5. The van der Waals surface area contributed by atoms with Crippen LogP contribution >= 0.6 is 0 Å². The molecular formula is C25H23N3O8. The van der Waals surface area contributed by atoms with Gasteiger partial charge in [-0.05, 0) is 30.3 Å². The highest BCUT2D eigenvalue weighted by Crippen LogP contribution is 2.33. The molecule has 0 fully saturated rings. The average Bonchev–Trinajstić information content (AvgIpc) is 3.41. The highest BCUT2D eigenvalue weighted by molar-refractivity contribution is 5.92. The standard InChI is InChI=1S/C25H23N3O8/c1-32-20-11-17-18(12-21(20)33-2)27(25(31)28(24(17)30)13-16-4-3-7-34-16)14-23(29)26-15-5-6-19-22(10-15)36-9-8-35-19/h3-7,10-12H,8-9,13-14H2,1-2H3,(H,26,29). The number of hydrogen-bond acceptors (Lipinski definition) is 8. The van der Waals surface area contributed by atoms with Gasteiger partial charge in [-0.15, -0.1) is 0 Å². The zero-order valence-electron chi connectivity index (χ0n) is 19.6. The number of nitrogens with zero attached hydrogens (tertiary/aromatic N) is 2. The average molecular weight is 493 g/mol. The van der Waals surface area contributed by atoms with Crippen molar-refractivity contribution in [3.8, 4) is 23.0 Å². The number of benzene rings is 2. The summed E-state index contributed by atoms with van der Waals surface area (Å²) in [5.41, 5.74) is -0.510. The van der Waals surface area contributed by atoms with Crippen LogP contribution in [0.1, 0.15) is 5.76 Å². The van der Waals surface area contributed by atoms with Crippen molar-refractivity contribution in [2.24, 2.45) is 0 Å². The van der Waals surface area contributed by atoms with Crippen LogP contribution in [0.2, 0.25) is 0 Å². The van der Waals surface area contributed by atoms with Crippen molar-refractivity contribution < 1.29 is 28.2 Å². The first kappa shape index (κ1) is 23.1. The van der Waals surface area contributed by atoms with Gasteiger partial charge in [-0.3, -0.25) is 18.7 Å². The molecule has 11 heteroatoms. The summed E-state index contributed by atoms with van der Waals surface area (Å²) in [5.74, 6) is 1.68. The van der Waals surface area contributed by atoms with E-state index in [0.717, 1.165) is 4.57 Å². The number of methoxy groups -OCH3 is 2. The number of carbonyl (C=O) groups excluding carboxylic acids is 1. The second kappa shape index (κ2) is 9.53. The summed E-state index contributed by atoms with van der Waals surface area (Å²) in [7, 11) is 2.89. The molecule has 1 amide bonds. The lowest BCUT2D eigenvalue weighted by Crippen LogP contribution is -2.42. The van der Waals surface area contributed by atoms with Crippen LogP contribution < -0.4 is 35.5 Å². The second-order valence-electron chi connectivity index (χ2n) is 7.97. The van der Waals surface area contributed by atoms with Crippen molar-refractivity contribution in [1.82, 2.24) is 9.13 Å². The first-order chi connectivity index (χ1) is 17.5. The predicted octanol–water partition coefficient (Wildman–Crippen LogP) is 2.23. The molecule has 0 saturated heterocycles. The molecule has 4 aromatic rings. The highest BCUT2D eigenvalue weighted by Gasteiger charge is 2.20. The lowest BCUT2D eigenvalue weighted by Gasteiger charge is -2.19. The van der Waals surface area contributed by atoms with Gasteiger partial charge in [0.1, 0.15) is 25.5 Å². The molecule has 5 rings (SSSR count). The first-order valence-electron chi connectivity index (χ1n) is 11.1. The summed E-state index contributed by atoms with van der Waals surface area (Å²) >= 11 is 0. The van der Waals surface area contributed by atoms with E-state index in [0.29, 0.717) is 47.7 Å². The largest absolute Gasteiger partial charge is 0.493 e. The number of anilines is 1. The Balaban J connectivity index is 1.56. The Hall–Kier alpha value is -4.67. The van der Waals surface area contributed by atoms with Gasteiger partial charge in [0.25, 0.3) is 5.56 Å². The number of furan rings is 1. The molecule has 36 heavy (non-hydrogen) atoms. The normalized spacial score (nSPS) is 12.4. The fraction of sp³-hybridized carbons (Fsp3) is 0.240. The molecule has 11 nitrogen and oxygen atoms in total. The van der Waals surface area contributed by atoms with Gasteiger partial charge in [0, 0.05) is 17.8 Å². The molecule has 0 radical (unpaired) electrons. The summed E-state index contributed by atoms with van der Waals surface area (Å²) in [4.78, 5) is 39.8. The van der Waals surface area contributed by atoms with Crippen LogP contribution in [0.5, 0.6) is 23.0 Å². The molecule has 2 aromatic heterocycles. The number of hydrogen-bond donors (Lipinski definition) is 1. The minimum Gasteiger partial charge on any atom is -0.493 e. The SMILES string of the molecule is COc1cc2c(=O)n(Cc3ccco3)c(=O)n(CC(=O)Nc3ccc4c(c3)OCCO4)c2cc1OC. The lowest BCUT2D eigenvalue weighted by atomic mass is 10.2. The van der Waals surface area contributed by atoms with Gasteiger partial charge in [0.2, 0.25) is 5.91 Å². The Bertz CT molecular complexity index is 1550. The number of aromatic nitrogens is 2. The Morgan fingerprint density at radius 1 is 0.972 bits per heavy atom. The number of ether oxygens (including phenoxy) is 4. The van der Waals surface area contributed by atoms with Crippen LogP contribution in [0.25, 0.3) is 10.9 Å². The van der Waals surface area contributed by atoms with E-state index in [2.05, 4.69) is 5.32 Å². The van der Waals surface area contributed by atoms with E-state index in [-0.39, 0.29) is 24.0 Å². The molecular weight excluding hydrogens is 470 g/mol. The number of carbonyl (C=O) groups is 1. The topological polar surface area (TPSA) is 123 Å². The monoisotopic (exact) mass is 493 g/mol. The molecule has 1 N–H and O–H groups in total. The molecule has 1 aliphatic rings. The van der Waals surface area contributed by atoms with Crippen LogP contribution in [0.4, 0.5) is 5.69 Å². The van der Waals surface area contributed by atoms with E-state index in [9.17, 15) is 14.4 Å². The predicted molar refractivity (Wildman–Crippen MR) is 129 cm³/mol. The zero-order chi connectivity index (χ0) is 25.2. The quantitative estimate of drug-likeness (QED) is 0.416. The molecule has 3 heterocycles. The molecule has 2 aromatic carbocycles. The molecule has 0 spiro atoms. The van der Waals surface area contributed by atoms with Crippen LogP contribution in [-0.4, -0.2) is 42.5 Å². The van der Waals surface area contributed by atoms with Crippen molar-refractivity contribution in [2.45, 2.75) is 13.1 Å². The molecule has 1 aliphatic heterocycles. The number of amides is 1. The molecule has 0 aliphatic carbocycles. The van der Waals surface area contributed by atoms with Gasteiger partial charge < -0.3 is 28.7 Å². The third-order valence-electron chi connectivity index (χ3n) is 5.75. The third-order valence-corrected chi connectivity index (χ3v) is 5.75. The van der Waals surface area contributed by atoms with Crippen molar-refractivity contribution >= 4 is 22.5 Å². The van der Waals surface area contributed by atoms with Gasteiger partial charge in [-0.2, -0.15) is 0 Å².